The fraction of sp³-hybridized carbons (Fsp3) is 0.400. The Morgan fingerprint density at radius 2 is 2.14 bits per heavy atom. The van der Waals surface area contributed by atoms with Gasteiger partial charge in [-0.2, -0.15) is 0 Å². The van der Waals surface area contributed by atoms with E-state index in [9.17, 15) is 8.78 Å². The second-order valence-corrected chi connectivity index (χ2v) is 2.87. The van der Waals surface area contributed by atoms with Crippen LogP contribution in [0.2, 0.25) is 0 Å². The highest BCUT2D eigenvalue weighted by atomic mass is 19.3. The molecule has 0 unspecified atom stereocenters. The van der Waals surface area contributed by atoms with Crippen LogP contribution in [-0.4, -0.2) is 13.3 Å². The Balaban J connectivity index is 2.76. The van der Waals surface area contributed by atoms with Crippen molar-refractivity contribution in [2.45, 2.75) is 19.6 Å². The van der Waals surface area contributed by atoms with E-state index in [1.807, 2.05) is 13.0 Å². The molecule has 0 radical (unpaired) electrons. The average Bonchev–Trinajstić information content (AvgIpc) is 2.17. The van der Waals surface area contributed by atoms with E-state index in [-0.39, 0.29) is 5.75 Å². The topological polar surface area (TPSA) is 21.3 Å². The summed E-state index contributed by atoms with van der Waals surface area (Å²) in [7, 11) is 1.14. The third-order valence-electron chi connectivity index (χ3n) is 1.84. The van der Waals surface area contributed by atoms with Crippen LogP contribution in [0.1, 0.15) is 12.5 Å². The monoisotopic (exact) mass is 201 g/mol. The summed E-state index contributed by atoms with van der Waals surface area (Å²) in [5.74, 6) is 0.170. The lowest BCUT2D eigenvalue weighted by Crippen LogP contribution is -2.39. The van der Waals surface area contributed by atoms with Crippen LogP contribution in [-0.2, 0) is 6.42 Å². The van der Waals surface area contributed by atoms with E-state index in [0.717, 1.165) is 19.0 Å². The first-order valence-corrected chi connectivity index (χ1v) is 4.42. The lowest BCUT2D eigenvalue weighted by atomic mass is 10.2. The quantitative estimate of drug-likeness (QED) is 0.596. The molecular weight excluding hydrogens is 188 g/mol. The third kappa shape index (κ3) is 2.96. The standard InChI is InChI=1S/C10H13F2NO/c1-3-8-5-4-6-9(7-8)14-10(11,12)13-2/h4-7,13H,3H2,1-2H3. The van der Waals surface area contributed by atoms with Gasteiger partial charge in [-0.05, 0) is 31.2 Å². The van der Waals surface area contributed by atoms with E-state index in [1.54, 1.807) is 17.4 Å². The van der Waals surface area contributed by atoms with Gasteiger partial charge in [0, 0.05) is 0 Å². The van der Waals surface area contributed by atoms with Crippen molar-refractivity contribution in [3.8, 4) is 5.75 Å². The predicted molar refractivity (Wildman–Crippen MR) is 50.5 cm³/mol. The van der Waals surface area contributed by atoms with Crippen LogP contribution in [0.3, 0.4) is 0 Å². The molecule has 14 heavy (non-hydrogen) atoms. The molecule has 1 N–H and O–H groups in total. The molecule has 78 valence electrons. The molecule has 0 spiro atoms. The minimum atomic E-state index is -3.31. The smallest absolute Gasteiger partial charge is 0.420 e. The molecule has 0 bridgehead atoms. The molecule has 0 aliphatic carbocycles. The minimum Gasteiger partial charge on any atom is -0.420 e. The van der Waals surface area contributed by atoms with Gasteiger partial charge in [0.15, 0.2) is 0 Å². The summed E-state index contributed by atoms with van der Waals surface area (Å²) < 4.78 is 29.9. The molecule has 2 nitrogen and oxygen atoms in total. The first-order valence-electron chi connectivity index (χ1n) is 4.42. The van der Waals surface area contributed by atoms with Crippen molar-refractivity contribution in [2.24, 2.45) is 0 Å². The molecule has 1 rings (SSSR count). The summed E-state index contributed by atoms with van der Waals surface area (Å²) in [5, 5.41) is 1.77. The molecule has 1 aromatic rings. The van der Waals surface area contributed by atoms with Crippen LogP contribution in [0.5, 0.6) is 5.75 Å². The summed E-state index contributed by atoms with van der Waals surface area (Å²) in [6.45, 7) is 1.95. The Bertz CT molecular complexity index is 302. The third-order valence-corrected chi connectivity index (χ3v) is 1.84. The van der Waals surface area contributed by atoms with Crippen LogP contribution in [0.25, 0.3) is 0 Å². The minimum absolute atomic E-state index is 0.170. The van der Waals surface area contributed by atoms with Crippen LogP contribution in [0.4, 0.5) is 8.78 Å². The molecule has 0 heterocycles. The van der Waals surface area contributed by atoms with E-state index in [2.05, 4.69) is 4.74 Å². The Morgan fingerprint density at radius 1 is 1.43 bits per heavy atom. The second kappa shape index (κ2) is 4.37. The summed E-state index contributed by atoms with van der Waals surface area (Å²) in [5.41, 5.74) is 0.967. The summed E-state index contributed by atoms with van der Waals surface area (Å²) >= 11 is 0. The highest BCUT2D eigenvalue weighted by molar-refractivity contribution is 5.28. The zero-order valence-electron chi connectivity index (χ0n) is 8.18. The van der Waals surface area contributed by atoms with Gasteiger partial charge < -0.3 is 4.74 Å². The molecule has 0 atom stereocenters. The van der Waals surface area contributed by atoms with Crippen LogP contribution in [0, 0.1) is 0 Å². The Labute approximate surface area is 81.9 Å². The summed E-state index contributed by atoms with van der Waals surface area (Å²) in [6.07, 6.45) is -2.52. The second-order valence-electron chi connectivity index (χ2n) is 2.87. The van der Waals surface area contributed by atoms with E-state index < -0.39 is 6.23 Å². The fourth-order valence-electron chi connectivity index (χ4n) is 1.03. The van der Waals surface area contributed by atoms with Gasteiger partial charge in [-0.3, -0.25) is 0 Å². The number of rotatable bonds is 4. The van der Waals surface area contributed by atoms with E-state index in [4.69, 9.17) is 0 Å². The number of hydrogen-bond donors (Lipinski definition) is 1. The van der Waals surface area contributed by atoms with Crippen LogP contribution < -0.4 is 10.1 Å². The number of halogens is 2. The molecule has 0 saturated heterocycles. The molecule has 0 aromatic heterocycles. The maximum Gasteiger partial charge on any atom is 0.468 e. The molecule has 4 heteroatoms. The van der Waals surface area contributed by atoms with E-state index >= 15 is 0 Å². The maximum absolute atomic E-state index is 12.7. The van der Waals surface area contributed by atoms with Crippen molar-refractivity contribution in [1.29, 1.82) is 0 Å². The van der Waals surface area contributed by atoms with Crippen LogP contribution >= 0.6 is 0 Å². The summed E-state index contributed by atoms with van der Waals surface area (Å²) in [4.78, 5) is 0. The number of alkyl halides is 2. The van der Waals surface area contributed by atoms with Gasteiger partial charge in [-0.25, -0.2) is 5.32 Å². The molecule has 1 aromatic carbocycles. The molecular formula is C10H13F2NO. The van der Waals surface area contributed by atoms with Crippen molar-refractivity contribution in [3.63, 3.8) is 0 Å². The average molecular weight is 201 g/mol. The fourth-order valence-corrected chi connectivity index (χ4v) is 1.03. The number of ether oxygens (including phenoxy) is 1. The molecule has 0 aliphatic rings. The Hall–Kier alpha value is -1.16. The van der Waals surface area contributed by atoms with Crippen LogP contribution in [0.15, 0.2) is 24.3 Å². The van der Waals surface area contributed by atoms with Gasteiger partial charge in [0.25, 0.3) is 0 Å². The van der Waals surface area contributed by atoms with Crippen molar-refractivity contribution >= 4 is 0 Å². The van der Waals surface area contributed by atoms with E-state index in [1.165, 1.54) is 6.07 Å². The maximum atomic E-state index is 12.7. The highest BCUT2D eigenvalue weighted by Crippen LogP contribution is 2.20. The number of hydrogen-bond acceptors (Lipinski definition) is 2. The number of nitrogens with one attached hydrogen (secondary N) is 1. The zero-order chi connectivity index (χ0) is 10.6. The summed E-state index contributed by atoms with van der Waals surface area (Å²) in [6, 6.07) is 6.67. The molecule has 0 aliphatic heterocycles. The van der Waals surface area contributed by atoms with Gasteiger partial charge in [0.2, 0.25) is 0 Å². The van der Waals surface area contributed by atoms with Crippen molar-refractivity contribution in [1.82, 2.24) is 5.32 Å². The Morgan fingerprint density at radius 3 is 2.71 bits per heavy atom. The van der Waals surface area contributed by atoms with Gasteiger partial charge in [-0.15, -0.1) is 8.78 Å². The van der Waals surface area contributed by atoms with E-state index in [0.29, 0.717) is 0 Å². The highest BCUT2D eigenvalue weighted by Gasteiger charge is 2.28. The van der Waals surface area contributed by atoms with Crippen molar-refractivity contribution in [3.05, 3.63) is 29.8 Å². The SMILES string of the molecule is CCc1cccc(OC(F)(F)NC)c1. The number of aryl methyl sites for hydroxylation is 1. The van der Waals surface area contributed by atoms with Crippen molar-refractivity contribution < 1.29 is 13.5 Å². The van der Waals surface area contributed by atoms with Gasteiger partial charge in [0.05, 0.1) is 0 Å². The van der Waals surface area contributed by atoms with Gasteiger partial charge in [0.1, 0.15) is 5.75 Å². The predicted octanol–water partition coefficient (Wildman–Crippen LogP) is 2.40. The van der Waals surface area contributed by atoms with Crippen molar-refractivity contribution in [2.75, 3.05) is 7.05 Å². The molecule has 0 fully saturated rings. The van der Waals surface area contributed by atoms with Gasteiger partial charge in [-0.1, -0.05) is 19.1 Å². The zero-order valence-corrected chi connectivity index (χ0v) is 8.18. The first kappa shape index (κ1) is 10.9. The Kier molecular flexibility index (Phi) is 3.41. The van der Waals surface area contributed by atoms with Gasteiger partial charge >= 0.3 is 6.23 Å². The normalized spacial score (nSPS) is 11.4. The number of benzene rings is 1. The lowest BCUT2D eigenvalue weighted by molar-refractivity contribution is -0.196. The first-order chi connectivity index (χ1) is 6.57. The molecule has 0 amide bonds. The lowest BCUT2D eigenvalue weighted by Gasteiger charge is -2.16. The molecule has 0 saturated carbocycles. The largest absolute Gasteiger partial charge is 0.468 e.